The molecule has 0 aromatic carbocycles. The molecule has 1 aromatic heterocycles. The van der Waals surface area contributed by atoms with Crippen LogP contribution in [0.4, 0.5) is 0 Å². The fourth-order valence-electron chi connectivity index (χ4n) is 1.69. The maximum atomic E-state index is 11.6. The second-order valence-corrected chi connectivity index (χ2v) is 7.54. The molecule has 0 unspecified atom stereocenters. The molecule has 0 fully saturated rings. The molecule has 0 bridgehead atoms. The van der Waals surface area contributed by atoms with E-state index in [0.29, 0.717) is 18.7 Å². The molecule has 0 amide bonds. The monoisotopic (exact) mass is 312 g/mol. The van der Waals surface area contributed by atoms with Gasteiger partial charge in [0, 0.05) is 17.2 Å². The zero-order valence-electron chi connectivity index (χ0n) is 10.8. The number of halogens is 2. The Morgan fingerprint density at radius 1 is 1.39 bits per heavy atom. The molecule has 1 aromatic rings. The Morgan fingerprint density at radius 2 is 2.00 bits per heavy atom. The van der Waals surface area contributed by atoms with Gasteiger partial charge in [0.1, 0.15) is 10.0 Å². The number of hydrogen-bond acceptors (Lipinski definition) is 3. The van der Waals surface area contributed by atoms with Crippen molar-refractivity contribution >= 4 is 31.3 Å². The second-order valence-electron chi connectivity index (χ2n) is 4.68. The summed E-state index contributed by atoms with van der Waals surface area (Å²) in [5.74, 6) is 0.285. The van der Waals surface area contributed by atoms with E-state index in [0.717, 1.165) is 12.8 Å². The van der Waals surface area contributed by atoms with Gasteiger partial charge in [-0.3, -0.25) is 4.68 Å². The Morgan fingerprint density at radius 3 is 2.44 bits per heavy atom. The van der Waals surface area contributed by atoms with Crippen molar-refractivity contribution in [2.24, 2.45) is 5.92 Å². The summed E-state index contributed by atoms with van der Waals surface area (Å²) < 4.78 is 24.7. The number of nitrogens with zero attached hydrogens (tertiary/aromatic N) is 2. The number of hydrogen-bond donors (Lipinski definition) is 0. The number of rotatable bonds is 6. The van der Waals surface area contributed by atoms with E-state index in [1.54, 1.807) is 0 Å². The highest BCUT2D eigenvalue weighted by molar-refractivity contribution is 8.13. The van der Waals surface area contributed by atoms with Gasteiger partial charge in [-0.15, -0.1) is 0 Å². The van der Waals surface area contributed by atoms with Gasteiger partial charge in [0.05, 0.1) is 5.69 Å². The zero-order valence-corrected chi connectivity index (χ0v) is 13.1. The lowest BCUT2D eigenvalue weighted by Gasteiger charge is -2.02. The second kappa shape index (κ2) is 6.26. The minimum atomic E-state index is -3.86. The van der Waals surface area contributed by atoms with Crippen molar-refractivity contribution in [2.45, 2.75) is 51.5 Å². The summed E-state index contributed by atoms with van der Waals surface area (Å²) in [5.41, 5.74) is 0.459. The van der Waals surface area contributed by atoms with Crippen LogP contribution in [0.5, 0.6) is 0 Å². The van der Waals surface area contributed by atoms with E-state index in [4.69, 9.17) is 22.3 Å². The summed E-state index contributed by atoms with van der Waals surface area (Å²) >= 11 is 6.07. The van der Waals surface area contributed by atoms with Crippen molar-refractivity contribution in [2.75, 3.05) is 0 Å². The molecule has 0 aliphatic carbocycles. The Labute approximate surface area is 118 Å². The molecule has 0 aliphatic heterocycles. The lowest BCUT2D eigenvalue weighted by Crippen LogP contribution is -2.02. The molecular formula is C11H18Cl2N2O2S. The highest BCUT2D eigenvalue weighted by Gasteiger charge is 2.26. The van der Waals surface area contributed by atoms with Crippen LogP contribution in [0, 0.1) is 5.92 Å². The van der Waals surface area contributed by atoms with Crippen LogP contribution in [0.25, 0.3) is 0 Å². The van der Waals surface area contributed by atoms with Crippen LogP contribution in [-0.4, -0.2) is 18.2 Å². The van der Waals surface area contributed by atoms with Crippen LogP contribution in [0.2, 0.25) is 5.15 Å². The minimum Gasteiger partial charge on any atom is -0.252 e. The van der Waals surface area contributed by atoms with E-state index in [1.807, 2.05) is 20.8 Å². The lowest BCUT2D eigenvalue weighted by atomic mass is 10.1. The first-order chi connectivity index (χ1) is 8.27. The molecule has 0 aliphatic rings. The Bertz CT molecular complexity index is 509. The third-order valence-corrected chi connectivity index (χ3v) is 4.36. The van der Waals surface area contributed by atoms with Crippen LogP contribution in [0.1, 0.15) is 39.3 Å². The average Bonchev–Trinajstić information content (AvgIpc) is 2.50. The van der Waals surface area contributed by atoms with Crippen molar-refractivity contribution < 1.29 is 8.42 Å². The summed E-state index contributed by atoms with van der Waals surface area (Å²) in [6.45, 7) is 6.63. The highest BCUT2D eigenvalue weighted by atomic mass is 35.7. The van der Waals surface area contributed by atoms with Crippen molar-refractivity contribution in [3.8, 4) is 0 Å². The Kier molecular flexibility index (Phi) is 5.49. The van der Waals surface area contributed by atoms with Crippen LogP contribution < -0.4 is 0 Å². The first-order valence-electron chi connectivity index (χ1n) is 5.97. The van der Waals surface area contributed by atoms with Gasteiger partial charge < -0.3 is 0 Å². The highest BCUT2D eigenvalue weighted by Crippen LogP contribution is 2.30. The molecule has 1 heterocycles. The first-order valence-corrected chi connectivity index (χ1v) is 8.66. The predicted octanol–water partition coefficient (Wildman–Crippen LogP) is 3.46. The van der Waals surface area contributed by atoms with E-state index in [9.17, 15) is 8.42 Å². The molecule has 104 valence electrons. The first kappa shape index (κ1) is 15.8. The SMILES string of the molecule is CCCCn1nc(CC(C)C)c(S(=O)(=O)Cl)c1Cl. The Hall–Kier alpha value is -0.260. The van der Waals surface area contributed by atoms with Crippen molar-refractivity contribution in [3.05, 3.63) is 10.8 Å². The summed E-state index contributed by atoms with van der Waals surface area (Å²) in [6, 6.07) is 0. The normalized spacial score (nSPS) is 12.3. The molecule has 0 saturated heterocycles. The largest absolute Gasteiger partial charge is 0.266 e. The molecule has 18 heavy (non-hydrogen) atoms. The lowest BCUT2D eigenvalue weighted by molar-refractivity contribution is 0.553. The number of aryl methyl sites for hydroxylation is 1. The summed E-state index contributed by atoms with van der Waals surface area (Å²) in [7, 11) is 1.58. The topological polar surface area (TPSA) is 52.0 Å². The van der Waals surface area contributed by atoms with Crippen LogP contribution >= 0.6 is 22.3 Å². The van der Waals surface area contributed by atoms with Gasteiger partial charge in [-0.2, -0.15) is 5.10 Å². The molecule has 0 saturated carbocycles. The van der Waals surface area contributed by atoms with E-state index < -0.39 is 9.05 Å². The van der Waals surface area contributed by atoms with Gasteiger partial charge in [0.15, 0.2) is 0 Å². The Balaban J connectivity index is 3.23. The van der Waals surface area contributed by atoms with Gasteiger partial charge in [-0.05, 0) is 18.8 Å². The predicted molar refractivity (Wildman–Crippen MR) is 73.7 cm³/mol. The van der Waals surface area contributed by atoms with Gasteiger partial charge in [-0.1, -0.05) is 38.8 Å². The third kappa shape index (κ3) is 3.87. The summed E-state index contributed by atoms with van der Waals surface area (Å²) in [4.78, 5) is -0.0318. The van der Waals surface area contributed by atoms with Crippen molar-refractivity contribution in [1.82, 2.24) is 9.78 Å². The van der Waals surface area contributed by atoms with Crippen LogP contribution in [-0.2, 0) is 22.0 Å². The smallest absolute Gasteiger partial charge is 0.252 e. The maximum absolute atomic E-state index is 11.6. The van der Waals surface area contributed by atoms with Gasteiger partial charge in [0.2, 0.25) is 0 Å². The summed E-state index contributed by atoms with van der Waals surface area (Å²) in [5, 5.41) is 4.39. The van der Waals surface area contributed by atoms with E-state index in [2.05, 4.69) is 5.10 Å². The van der Waals surface area contributed by atoms with Crippen molar-refractivity contribution in [1.29, 1.82) is 0 Å². The molecule has 0 radical (unpaired) electrons. The third-order valence-electron chi connectivity index (χ3n) is 2.49. The van der Waals surface area contributed by atoms with E-state index in [1.165, 1.54) is 4.68 Å². The maximum Gasteiger partial charge on any atom is 0.266 e. The number of aromatic nitrogens is 2. The molecule has 0 spiro atoms. The fourth-order valence-corrected chi connectivity index (χ4v) is 3.54. The minimum absolute atomic E-state index is 0.0318. The quantitative estimate of drug-likeness (QED) is 0.756. The molecule has 4 nitrogen and oxygen atoms in total. The van der Waals surface area contributed by atoms with Crippen LogP contribution in [0.3, 0.4) is 0 Å². The fraction of sp³-hybridized carbons (Fsp3) is 0.727. The van der Waals surface area contributed by atoms with Gasteiger partial charge >= 0.3 is 0 Å². The number of unbranched alkanes of at least 4 members (excludes halogenated alkanes) is 1. The van der Waals surface area contributed by atoms with Crippen LogP contribution in [0.15, 0.2) is 4.90 Å². The molecule has 1 rings (SSSR count). The molecule has 0 atom stereocenters. The standard InChI is InChI=1S/C11H18Cl2N2O2S/c1-4-5-6-15-11(12)10(18(13,16)17)9(14-15)7-8(2)3/h8H,4-7H2,1-3H3. The molecule has 7 heteroatoms. The van der Waals surface area contributed by atoms with Gasteiger partial charge in [-0.25, -0.2) is 8.42 Å². The summed E-state index contributed by atoms with van der Waals surface area (Å²) in [6.07, 6.45) is 2.42. The van der Waals surface area contributed by atoms with E-state index >= 15 is 0 Å². The zero-order chi connectivity index (χ0) is 13.9. The molecular weight excluding hydrogens is 295 g/mol. The average molecular weight is 313 g/mol. The van der Waals surface area contributed by atoms with Crippen molar-refractivity contribution in [3.63, 3.8) is 0 Å². The van der Waals surface area contributed by atoms with E-state index in [-0.39, 0.29) is 16.0 Å². The molecule has 0 N–H and O–H groups in total. The van der Waals surface area contributed by atoms with Gasteiger partial charge in [0.25, 0.3) is 9.05 Å².